The quantitative estimate of drug-likeness (QED) is 0.219. The van der Waals surface area contributed by atoms with Crippen LogP contribution in [0.5, 0.6) is 5.75 Å². The predicted molar refractivity (Wildman–Crippen MR) is 157 cm³/mol. The number of benzene rings is 3. The second-order valence-electron chi connectivity index (χ2n) is 10.5. The SMILES string of the molecule is [C-]#[N+]c1ccc(O[C@@H](C)C(=O)O)cc1Cn1c(C)c(C)c2cc(C(=O)N[C@@H](C)c3cccc(C(C)C)c3)ccc21. The second-order valence-corrected chi connectivity index (χ2v) is 10.5. The Morgan fingerprint density at radius 1 is 1.00 bits per heavy atom. The van der Waals surface area contributed by atoms with Crippen molar-refractivity contribution in [3.05, 3.63) is 106 Å². The Morgan fingerprint density at radius 3 is 2.40 bits per heavy atom. The first-order chi connectivity index (χ1) is 19.0. The van der Waals surface area contributed by atoms with Crippen LogP contribution >= 0.6 is 0 Å². The van der Waals surface area contributed by atoms with Gasteiger partial charge < -0.3 is 19.7 Å². The Morgan fingerprint density at radius 2 is 1.73 bits per heavy atom. The van der Waals surface area contributed by atoms with Crippen LogP contribution in [0.15, 0.2) is 60.7 Å². The normalized spacial score (nSPS) is 12.7. The van der Waals surface area contributed by atoms with E-state index in [4.69, 9.17) is 11.3 Å². The summed E-state index contributed by atoms with van der Waals surface area (Å²) in [4.78, 5) is 28.1. The van der Waals surface area contributed by atoms with E-state index in [1.807, 2.05) is 51.1 Å². The number of aryl methyl sites for hydroxylation is 1. The maximum absolute atomic E-state index is 13.2. The number of aliphatic carboxylic acids is 1. The number of hydrogen-bond acceptors (Lipinski definition) is 3. The number of ether oxygens (including phenoxy) is 1. The molecule has 0 unspecified atom stereocenters. The summed E-state index contributed by atoms with van der Waals surface area (Å²) in [5.41, 5.74) is 7.11. The van der Waals surface area contributed by atoms with E-state index in [0.717, 1.165) is 33.3 Å². The number of aromatic nitrogens is 1. The van der Waals surface area contributed by atoms with Crippen LogP contribution in [0, 0.1) is 20.4 Å². The summed E-state index contributed by atoms with van der Waals surface area (Å²) in [6.07, 6.45) is -1.01. The van der Waals surface area contributed by atoms with Crippen molar-refractivity contribution in [2.24, 2.45) is 0 Å². The molecule has 7 heteroatoms. The predicted octanol–water partition coefficient (Wildman–Crippen LogP) is 7.32. The summed E-state index contributed by atoms with van der Waals surface area (Å²) in [7, 11) is 0. The number of hydrogen-bond donors (Lipinski definition) is 2. The Hall–Kier alpha value is -4.57. The fourth-order valence-electron chi connectivity index (χ4n) is 4.84. The third kappa shape index (κ3) is 5.86. The molecule has 0 saturated carbocycles. The molecule has 2 atom stereocenters. The van der Waals surface area contributed by atoms with E-state index in [9.17, 15) is 14.7 Å². The fourth-order valence-corrected chi connectivity index (χ4v) is 4.84. The number of fused-ring (bicyclic) bond motifs is 1. The molecule has 1 heterocycles. The monoisotopic (exact) mass is 537 g/mol. The van der Waals surface area contributed by atoms with Crippen molar-refractivity contribution >= 4 is 28.5 Å². The Labute approximate surface area is 235 Å². The van der Waals surface area contributed by atoms with Crippen LogP contribution < -0.4 is 10.1 Å². The molecular weight excluding hydrogens is 502 g/mol. The zero-order valence-electron chi connectivity index (χ0n) is 23.8. The number of rotatable bonds is 9. The number of amides is 1. The van der Waals surface area contributed by atoms with Crippen LogP contribution in [0.4, 0.5) is 5.69 Å². The van der Waals surface area contributed by atoms with Crippen molar-refractivity contribution in [2.45, 2.75) is 66.2 Å². The van der Waals surface area contributed by atoms with E-state index in [1.54, 1.807) is 18.2 Å². The Kier molecular flexibility index (Phi) is 8.29. The highest BCUT2D eigenvalue weighted by Crippen LogP contribution is 2.31. The molecule has 4 rings (SSSR count). The lowest BCUT2D eigenvalue weighted by molar-refractivity contribution is -0.144. The van der Waals surface area contributed by atoms with Crippen LogP contribution in [0.2, 0.25) is 0 Å². The van der Waals surface area contributed by atoms with E-state index in [2.05, 4.69) is 40.7 Å². The number of carbonyl (C=O) groups excluding carboxylic acids is 1. The Bertz CT molecular complexity index is 1630. The van der Waals surface area contributed by atoms with E-state index >= 15 is 0 Å². The third-order valence-electron chi connectivity index (χ3n) is 7.49. The van der Waals surface area contributed by atoms with Gasteiger partial charge in [-0.05, 0) is 86.2 Å². The highest BCUT2D eigenvalue weighted by atomic mass is 16.5. The molecule has 40 heavy (non-hydrogen) atoms. The van der Waals surface area contributed by atoms with Gasteiger partial charge in [-0.15, -0.1) is 0 Å². The molecule has 2 N–H and O–H groups in total. The van der Waals surface area contributed by atoms with Crippen molar-refractivity contribution in [1.29, 1.82) is 0 Å². The number of carboxylic acid groups (broad SMARTS) is 1. The summed E-state index contributed by atoms with van der Waals surface area (Å²) in [6, 6.07) is 18.9. The molecule has 1 aromatic heterocycles. The third-order valence-corrected chi connectivity index (χ3v) is 7.49. The van der Waals surface area contributed by atoms with Gasteiger partial charge in [0.2, 0.25) is 0 Å². The molecule has 0 aliphatic carbocycles. The number of carboxylic acids is 1. The molecule has 3 aromatic carbocycles. The van der Waals surface area contributed by atoms with Crippen molar-refractivity contribution < 1.29 is 19.4 Å². The van der Waals surface area contributed by atoms with Gasteiger partial charge in [0, 0.05) is 28.7 Å². The minimum atomic E-state index is -1.06. The highest BCUT2D eigenvalue weighted by Gasteiger charge is 2.18. The largest absolute Gasteiger partial charge is 0.479 e. The molecule has 0 saturated heterocycles. The molecule has 0 radical (unpaired) electrons. The molecular formula is C33H35N3O4. The van der Waals surface area contributed by atoms with Crippen molar-refractivity contribution in [1.82, 2.24) is 9.88 Å². The molecule has 0 spiro atoms. The van der Waals surface area contributed by atoms with E-state index in [1.165, 1.54) is 12.5 Å². The first-order valence-electron chi connectivity index (χ1n) is 13.4. The first kappa shape index (κ1) is 28.4. The summed E-state index contributed by atoms with van der Waals surface area (Å²) < 4.78 is 7.66. The van der Waals surface area contributed by atoms with Gasteiger partial charge in [-0.25, -0.2) is 9.64 Å². The molecule has 1 amide bonds. The second kappa shape index (κ2) is 11.7. The average Bonchev–Trinajstić information content (AvgIpc) is 3.17. The van der Waals surface area contributed by atoms with Gasteiger partial charge in [0.25, 0.3) is 5.91 Å². The molecule has 0 aliphatic heterocycles. The van der Waals surface area contributed by atoms with Crippen LogP contribution in [0.3, 0.4) is 0 Å². The van der Waals surface area contributed by atoms with E-state index in [-0.39, 0.29) is 11.9 Å². The first-order valence-corrected chi connectivity index (χ1v) is 13.4. The Balaban J connectivity index is 1.62. The van der Waals surface area contributed by atoms with Crippen LogP contribution in [-0.4, -0.2) is 27.7 Å². The minimum Gasteiger partial charge on any atom is -0.479 e. The smallest absolute Gasteiger partial charge is 0.344 e. The molecule has 4 aromatic rings. The lowest BCUT2D eigenvalue weighted by atomic mass is 9.98. The lowest BCUT2D eigenvalue weighted by Crippen LogP contribution is -2.26. The van der Waals surface area contributed by atoms with Gasteiger partial charge in [-0.3, -0.25) is 4.79 Å². The van der Waals surface area contributed by atoms with Gasteiger partial charge in [0.05, 0.1) is 12.6 Å². The molecule has 0 aliphatic rings. The topological polar surface area (TPSA) is 84.9 Å². The molecule has 7 nitrogen and oxygen atoms in total. The van der Waals surface area contributed by atoms with E-state index < -0.39 is 12.1 Å². The van der Waals surface area contributed by atoms with Crippen molar-refractivity contribution in [3.8, 4) is 5.75 Å². The van der Waals surface area contributed by atoms with Crippen LogP contribution in [-0.2, 0) is 11.3 Å². The van der Waals surface area contributed by atoms with Gasteiger partial charge in [-0.2, -0.15) is 0 Å². The summed E-state index contributed by atoms with van der Waals surface area (Å²) in [5.74, 6) is -0.385. The number of nitrogens with one attached hydrogen (secondary N) is 1. The van der Waals surface area contributed by atoms with Gasteiger partial charge in [0.15, 0.2) is 11.8 Å². The zero-order valence-corrected chi connectivity index (χ0v) is 23.8. The maximum atomic E-state index is 13.2. The zero-order chi connectivity index (χ0) is 29.1. The van der Waals surface area contributed by atoms with Crippen molar-refractivity contribution in [3.63, 3.8) is 0 Å². The summed E-state index contributed by atoms with van der Waals surface area (Å²) in [5, 5.41) is 13.3. The summed E-state index contributed by atoms with van der Waals surface area (Å²) >= 11 is 0. The highest BCUT2D eigenvalue weighted by molar-refractivity contribution is 5.99. The standard InChI is InChI=1S/C33H35N3O4/c1-19(2)24-9-8-10-25(15-24)21(4)35-32(37)26-11-14-31-29(17-26)20(3)22(5)36(31)18-27-16-28(12-13-30(27)34-7)40-23(6)33(38)39/h8-17,19,21,23H,18H2,1-6H3,(H,35,37)(H,38,39)/t21-,23-/m0/s1. The molecule has 206 valence electrons. The number of nitrogens with zero attached hydrogens (tertiary/aromatic N) is 2. The summed E-state index contributed by atoms with van der Waals surface area (Å²) in [6.45, 7) is 19.8. The van der Waals surface area contributed by atoms with Crippen LogP contribution in [0.25, 0.3) is 15.7 Å². The van der Waals surface area contributed by atoms with Gasteiger partial charge in [0.1, 0.15) is 5.75 Å². The van der Waals surface area contributed by atoms with Crippen LogP contribution in [0.1, 0.15) is 78.0 Å². The maximum Gasteiger partial charge on any atom is 0.344 e. The lowest BCUT2D eigenvalue weighted by Gasteiger charge is -2.17. The molecule has 0 bridgehead atoms. The minimum absolute atomic E-state index is 0.137. The fraction of sp³-hybridized carbons (Fsp3) is 0.303. The average molecular weight is 538 g/mol. The molecule has 0 fully saturated rings. The van der Waals surface area contributed by atoms with Gasteiger partial charge >= 0.3 is 5.97 Å². The van der Waals surface area contributed by atoms with Gasteiger partial charge in [-0.1, -0.05) is 44.2 Å². The number of carbonyl (C=O) groups is 2. The van der Waals surface area contributed by atoms with E-state index in [0.29, 0.717) is 29.5 Å². The van der Waals surface area contributed by atoms with Crippen molar-refractivity contribution in [2.75, 3.05) is 0 Å².